The van der Waals surface area contributed by atoms with Crippen LogP contribution in [0.25, 0.3) is 0 Å². The molecule has 0 heterocycles. The summed E-state index contributed by atoms with van der Waals surface area (Å²) in [5, 5.41) is 0. The summed E-state index contributed by atoms with van der Waals surface area (Å²) < 4.78 is 6.16. The molecule has 0 unspecified atom stereocenters. The van der Waals surface area contributed by atoms with Crippen LogP contribution in [0.5, 0.6) is 5.75 Å². The highest BCUT2D eigenvalue weighted by Gasteiger charge is 2.11. The molecule has 0 atom stereocenters. The maximum Gasteiger partial charge on any atom is 0.161 e. The molecule has 14 heavy (non-hydrogen) atoms. The fourth-order valence-corrected chi connectivity index (χ4v) is 1.77. The smallest absolute Gasteiger partial charge is 0.161 e. The number of ketones is 1. The predicted molar refractivity (Wildman–Crippen MR) is 64.7 cm³/mol. The van der Waals surface area contributed by atoms with Crippen molar-refractivity contribution in [3.05, 3.63) is 21.3 Å². The third-order valence-electron chi connectivity index (χ3n) is 1.82. The Labute approximate surface area is 96.8 Å². The van der Waals surface area contributed by atoms with E-state index in [9.17, 15) is 4.79 Å². The van der Waals surface area contributed by atoms with Crippen LogP contribution in [0, 0.1) is 3.57 Å². The highest BCUT2D eigenvalue weighted by molar-refractivity contribution is 14.1. The average Bonchev–Trinajstić information content (AvgIpc) is 2.13. The van der Waals surface area contributed by atoms with Gasteiger partial charge in [-0.25, -0.2) is 0 Å². The van der Waals surface area contributed by atoms with Gasteiger partial charge in [-0.3, -0.25) is 4.79 Å². The molecule has 1 aromatic carbocycles. The van der Waals surface area contributed by atoms with Gasteiger partial charge in [-0.2, -0.15) is 0 Å². The number of hydrogen-bond acceptors (Lipinski definition) is 3. The van der Waals surface area contributed by atoms with Crippen LogP contribution in [0.3, 0.4) is 0 Å². The number of hydrogen-bond donors (Lipinski definition) is 1. The van der Waals surface area contributed by atoms with Crippen LogP contribution in [0.15, 0.2) is 12.1 Å². The van der Waals surface area contributed by atoms with E-state index in [0.29, 0.717) is 17.9 Å². The van der Waals surface area contributed by atoms with Crippen molar-refractivity contribution in [1.29, 1.82) is 0 Å². The number of carbonyl (C=O) groups is 1. The molecular weight excluding hydrogens is 293 g/mol. The Bertz CT molecular complexity index is 363. The third kappa shape index (κ3) is 2.17. The first-order valence-electron chi connectivity index (χ1n) is 4.29. The van der Waals surface area contributed by atoms with Gasteiger partial charge in [0.1, 0.15) is 5.75 Å². The van der Waals surface area contributed by atoms with Crippen molar-refractivity contribution in [2.24, 2.45) is 0 Å². The van der Waals surface area contributed by atoms with Gasteiger partial charge in [-0.15, -0.1) is 0 Å². The molecule has 0 aliphatic heterocycles. The largest absolute Gasteiger partial charge is 0.493 e. The van der Waals surface area contributed by atoms with Crippen molar-refractivity contribution < 1.29 is 9.53 Å². The van der Waals surface area contributed by atoms with E-state index in [2.05, 4.69) is 22.6 Å². The Morgan fingerprint density at radius 1 is 1.57 bits per heavy atom. The van der Waals surface area contributed by atoms with Gasteiger partial charge in [0.05, 0.1) is 15.9 Å². The molecule has 0 bridgehead atoms. The maximum atomic E-state index is 11.2. The van der Waals surface area contributed by atoms with Gasteiger partial charge in [-0.1, -0.05) is 0 Å². The molecule has 2 N–H and O–H groups in total. The molecule has 1 aromatic rings. The number of benzene rings is 1. The number of Topliss-reactive ketones (excluding diaryl/α,β-unsaturated/α-hetero) is 1. The van der Waals surface area contributed by atoms with Gasteiger partial charge in [0.25, 0.3) is 0 Å². The summed E-state index contributed by atoms with van der Waals surface area (Å²) in [6, 6.07) is 3.48. The Kier molecular flexibility index (Phi) is 3.74. The fraction of sp³-hybridized carbons (Fsp3) is 0.300. The van der Waals surface area contributed by atoms with E-state index in [-0.39, 0.29) is 5.78 Å². The fourth-order valence-electron chi connectivity index (χ4n) is 1.15. The molecule has 0 spiro atoms. The van der Waals surface area contributed by atoms with E-state index >= 15 is 0 Å². The number of anilines is 1. The Balaban J connectivity index is 3.19. The zero-order valence-corrected chi connectivity index (χ0v) is 10.3. The monoisotopic (exact) mass is 305 g/mol. The molecule has 4 heteroatoms. The van der Waals surface area contributed by atoms with Crippen LogP contribution in [0.2, 0.25) is 0 Å². The van der Waals surface area contributed by atoms with E-state index in [1.54, 1.807) is 12.1 Å². The van der Waals surface area contributed by atoms with Crippen molar-refractivity contribution in [1.82, 2.24) is 0 Å². The molecule has 0 aliphatic carbocycles. The molecule has 0 amide bonds. The van der Waals surface area contributed by atoms with E-state index in [1.807, 2.05) is 6.92 Å². The minimum atomic E-state index is -0.0246. The van der Waals surface area contributed by atoms with Crippen LogP contribution >= 0.6 is 22.6 Å². The lowest BCUT2D eigenvalue weighted by Gasteiger charge is -2.10. The van der Waals surface area contributed by atoms with Crippen LogP contribution in [0.1, 0.15) is 24.2 Å². The lowest BCUT2D eigenvalue weighted by Crippen LogP contribution is -2.04. The molecule has 0 fully saturated rings. The lowest BCUT2D eigenvalue weighted by molar-refractivity contribution is 0.101. The Morgan fingerprint density at radius 2 is 2.21 bits per heavy atom. The second kappa shape index (κ2) is 4.63. The standard InChI is InChI=1S/C10H12INO2/c1-3-14-8-5-4-7(6(2)13)10(12)9(8)11/h4-5H,3,12H2,1-2H3. The molecule has 76 valence electrons. The van der Waals surface area contributed by atoms with Crippen LogP contribution in [0.4, 0.5) is 5.69 Å². The summed E-state index contributed by atoms with van der Waals surface area (Å²) in [5.41, 5.74) is 6.86. The zero-order chi connectivity index (χ0) is 10.7. The van der Waals surface area contributed by atoms with Gasteiger partial charge in [0, 0.05) is 5.56 Å². The molecule has 0 aliphatic rings. The van der Waals surface area contributed by atoms with E-state index in [1.165, 1.54) is 6.92 Å². The molecule has 0 aromatic heterocycles. The van der Waals surface area contributed by atoms with Gasteiger partial charge < -0.3 is 10.5 Å². The van der Waals surface area contributed by atoms with Crippen molar-refractivity contribution in [2.75, 3.05) is 12.3 Å². The van der Waals surface area contributed by atoms with Crippen LogP contribution in [-0.4, -0.2) is 12.4 Å². The number of halogens is 1. The summed E-state index contributed by atoms with van der Waals surface area (Å²) in [5.74, 6) is 0.707. The number of nitrogens with two attached hydrogens (primary N) is 1. The molecule has 0 saturated heterocycles. The van der Waals surface area contributed by atoms with Crippen LogP contribution in [-0.2, 0) is 0 Å². The maximum absolute atomic E-state index is 11.2. The SMILES string of the molecule is CCOc1ccc(C(C)=O)c(N)c1I. The highest BCUT2D eigenvalue weighted by Crippen LogP contribution is 2.29. The number of ether oxygens (including phenoxy) is 1. The molecule has 0 saturated carbocycles. The summed E-state index contributed by atoms with van der Waals surface area (Å²) in [6.07, 6.45) is 0. The van der Waals surface area contributed by atoms with Crippen molar-refractivity contribution in [3.63, 3.8) is 0 Å². The average molecular weight is 305 g/mol. The van der Waals surface area contributed by atoms with E-state index in [4.69, 9.17) is 10.5 Å². The second-order valence-corrected chi connectivity index (χ2v) is 3.91. The Hall–Kier alpha value is -0.780. The number of carbonyl (C=O) groups excluding carboxylic acids is 1. The first-order chi connectivity index (χ1) is 6.57. The number of rotatable bonds is 3. The zero-order valence-electron chi connectivity index (χ0n) is 8.13. The summed E-state index contributed by atoms with van der Waals surface area (Å²) in [7, 11) is 0. The molecule has 0 radical (unpaired) electrons. The minimum absolute atomic E-state index is 0.0246. The van der Waals surface area contributed by atoms with Crippen molar-refractivity contribution >= 4 is 34.1 Å². The van der Waals surface area contributed by atoms with Crippen molar-refractivity contribution in [2.45, 2.75) is 13.8 Å². The quantitative estimate of drug-likeness (QED) is 0.530. The first kappa shape index (κ1) is 11.3. The summed E-state index contributed by atoms with van der Waals surface area (Å²) in [4.78, 5) is 11.2. The topological polar surface area (TPSA) is 52.3 Å². The third-order valence-corrected chi connectivity index (χ3v) is 2.94. The molecule has 3 nitrogen and oxygen atoms in total. The summed E-state index contributed by atoms with van der Waals surface area (Å²) in [6.45, 7) is 4.00. The Morgan fingerprint density at radius 3 is 2.71 bits per heavy atom. The van der Waals surface area contributed by atoms with Gasteiger partial charge >= 0.3 is 0 Å². The minimum Gasteiger partial charge on any atom is -0.493 e. The van der Waals surface area contributed by atoms with Crippen LogP contribution < -0.4 is 10.5 Å². The first-order valence-corrected chi connectivity index (χ1v) is 5.37. The predicted octanol–water partition coefficient (Wildman–Crippen LogP) is 2.47. The van der Waals surface area contributed by atoms with Gasteiger partial charge in [0.15, 0.2) is 5.78 Å². The highest BCUT2D eigenvalue weighted by atomic mass is 127. The van der Waals surface area contributed by atoms with Crippen molar-refractivity contribution in [3.8, 4) is 5.75 Å². The summed E-state index contributed by atoms with van der Waals surface area (Å²) >= 11 is 2.09. The normalized spacial score (nSPS) is 9.93. The van der Waals surface area contributed by atoms with Gasteiger partial charge in [-0.05, 0) is 48.6 Å². The lowest BCUT2D eigenvalue weighted by atomic mass is 10.1. The molecule has 1 rings (SSSR count). The second-order valence-electron chi connectivity index (χ2n) is 2.83. The van der Waals surface area contributed by atoms with E-state index < -0.39 is 0 Å². The number of nitrogen functional groups attached to an aromatic ring is 1. The molecular formula is C10H12INO2. The van der Waals surface area contributed by atoms with E-state index in [0.717, 1.165) is 9.32 Å². The van der Waals surface area contributed by atoms with Gasteiger partial charge in [0.2, 0.25) is 0 Å².